The molecular formula is C15H17ClN2O. The van der Waals surface area contributed by atoms with E-state index in [1.54, 1.807) is 0 Å². The molecule has 4 heteroatoms. The maximum Gasteiger partial charge on any atom is 0.257 e. The second kappa shape index (κ2) is 5.17. The minimum Gasteiger partial charge on any atom is -0.436 e. The van der Waals surface area contributed by atoms with Gasteiger partial charge < -0.3 is 4.74 Å². The van der Waals surface area contributed by atoms with Gasteiger partial charge in [-0.2, -0.15) is 0 Å². The molecule has 1 aromatic carbocycles. The molecule has 0 aliphatic heterocycles. The van der Waals surface area contributed by atoms with Crippen molar-refractivity contribution in [3.63, 3.8) is 0 Å². The molecule has 0 aliphatic carbocycles. The monoisotopic (exact) mass is 276 g/mol. The van der Waals surface area contributed by atoms with Crippen molar-refractivity contribution < 1.29 is 4.74 Å². The molecule has 19 heavy (non-hydrogen) atoms. The third kappa shape index (κ3) is 2.87. The van der Waals surface area contributed by atoms with Gasteiger partial charge in [-0.05, 0) is 57.4 Å². The zero-order valence-corrected chi connectivity index (χ0v) is 12.6. The van der Waals surface area contributed by atoms with Crippen LogP contribution in [0.25, 0.3) is 0 Å². The highest BCUT2D eigenvalue weighted by Crippen LogP contribution is 2.31. The molecule has 0 amide bonds. The first kappa shape index (κ1) is 13.8. The number of hydrogen-bond donors (Lipinski definition) is 0. The average molecular weight is 277 g/mol. The fraction of sp³-hybridized carbons (Fsp3) is 0.333. The number of rotatable bonds is 2. The number of aromatic nitrogens is 2. The van der Waals surface area contributed by atoms with Gasteiger partial charge >= 0.3 is 0 Å². The summed E-state index contributed by atoms with van der Waals surface area (Å²) in [6.07, 6.45) is 0. The summed E-state index contributed by atoms with van der Waals surface area (Å²) in [5.41, 5.74) is 5.05. The van der Waals surface area contributed by atoms with Crippen molar-refractivity contribution in [3.8, 4) is 11.6 Å². The maximum atomic E-state index is 6.08. The number of hydrogen-bond acceptors (Lipinski definition) is 3. The van der Waals surface area contributed by atoms with Crippen LogP contribution in [0.15, 0.2) is 12.1 Å². The highest BCUT2D eigenvalue weighted by atomic mass is 35.5. The van der Waals surface area contributed by atoms with Crippen molar-refractivity contribution in [1.82, 2.24) is 9.97 Å². The normalized spacial score (nSPS) is 10.6. The Morgan fingerprint density at radius 1 is 0.947 bits per heavy atom. The second-order valence-corrected chi connectivity index (χ2v) is 5.16. The van der Waals surface area contributed by atoms with Gasteiger partial charge in [-0.15, -0.1) is 0 Å². The molecule has 1 heterocycles. The van der Waals surface area contributed by atoms with Crippen LogP contribution in [-0.2, 0) is 0 Å². The smallest absolute Gasteiger partial charge is 0.257 e. The molecule has 0 saturated heterocycles. The van der Waals surface area contributed by atoms with Crippen molar-refractivity contribution in [2.45, 2.75) is 34.6 Å². The Bertz CT molecular complexity index is 639. The van der Waals surface area contributed by atoms with E-state index in [9.17, 15) is 0 Å². The van der Waals surface area contributed by atoms with Crippen LogP contribution in [0, 0.1) is 34.6 Å². The Morgan fingerprint density at radius 3 is 2.26 bits per heavy atom. The predicted molar refractivity (Wildman–Crippen MR) is 77.2 cm³/mol. The minimum absolute atomic E-state index is 0.293. The zero-order chi connectivity index (χ0) is 14.2. The molecule has 0 unspecified atom stereocenters. The Labute approximate surface area is 118 Å². The molecule has 0 fully saturated rings. The number of aryl methyl sites for hydroxylation is 4. The first-order valence-corrected chi connectivity index (χ1v) is 6.52. The summed E-state index contributed by atoms with van der Waals surface area (Å²) >= 11 is 6.08. The topological polar surface area (TPSA) is 35.0 Å². The summed E-state index contributed by atoms with van der Waals surface area (Å²) in [6.45, 7) is 9.88. The highest BCUT2D eigenvalue weighted by Gasteiger charge is 2.12. The van der Waals surface area contributed by atoms with Crippen LogP contribution >= 0.6 is 11.6 Å². The lowest BCUT2D eigenvalue weighted by Crippen LogP contribution is -1.99. The average Bonchev–Trinajstić information content (AvgIpc) is 2.32. The Morgan fingerprint density at radius 2 is 1.58 bits per heavy atom. The Hall–Kier alpha value is -1.61. The minimum atomic E-state index is 0.293. The zero-order valence-electron chi connectivity index (χ0n) is 11.8. The van der Waals surface area contributed by atoms with E-state index in [4.69, 9.17) is 16.3 Å². The molecule has 0 bridgehead atoms. The van der Waals surface area contributed by atoms with Gasteiger partial charge in [-0.3, -0.25) is 0 Å². The lowest BCUT2D eigenvalue weighted by Gasteiger charge is -2.12. The number of benzene rings is 1. The maximum absolute atomic E-state index is 6.08. The fourth-order valence-electron chi connectivity index (χ4n) is 1.83. The van der Waals surface area contributed by atoms with Crippen LogP contribution in [0.4, 0.5) is 0 Å². The molecule has 2 aromatic rings. The van der Waals surface area contributed by atoms with Crippen molar-refractivity contribution in [2.75, 3.05) is 0 Å². The number of ether oxygens (including phenoxy) is 1. The molecule has 3 nitrogen and oxygen atoms in total. The SMILES string of the molecule is Cc1cc(C)c(C)c(Oc2nc(C)c(C)nc2Cl)c1. The predicted octanol–water partition coefficient (Wildman–Crippen LogP) is 4.46. The van der Waals surface area contributed by atoms with Crippen LogP contribution in [0.3, 0.4) is 0 Å². The third-order valence-electron chi connectivity index (χ3n) is 3.21. The molecule has 2 rings (SSSR count). The van der Waals surface area contributed by atoms with E-state index < -0.39 is 0 Å². The van der Waals surface area contributed by atoms with Gasteiger partial charge in [-0.1, -0.05) is 17.7 Å². The lowest BCUT2D eigenvalue weighted by molar-refractivity contribution is 0.454. The highest BCUT2D eigenvalue weighted by molar-refractivity contribution is 6.30. The second-order valence-electron chi connectivity index (χ2n) is 4.80. The molecule has 100 valence electrons. The van der Waals surface area contributed by atoms with E-state index in [0.29, 0.717) is 11.0 Å². The van der Waals surface area contributed by atoms with E-state index in [2.05, 4.69) is 23.0 Å². The van der Waals surface area contributed by atoms with E-state index in [0.717, 1.165) is 28.3 Å². The molecule has 0 N–H and O–H groups in total. The van der Waals surface area contributed by atoms with Crippen molar-refractivity contribution in [1.29, 1.82) is 0 Å². The van der Waals surface area contributed by atoms with Crippen LogP contribution in [0.2, 0.25) is 5.15 Å². The van der Waals surface area contributed by atoms with Crippen LogP contribution in [0.1, 0.15) is 28.1 Å². The van der Waals surface area contributed by atoms with Crippen molar-refractivity contribution in [3.05, 3.63) is 45.4 Å². The standard InChI is InChI=1S/C15H17ClN2O/c1-8-6-9(2)10(3)13(7-8)19-15-14(16)17-11(4)12(5)18-15/h6-7H,1-5H3. The molecule has 0 aliphatic rings. The van der Waals surface area contributed by atoms with E-state index in [-0.39, 0.29) is 0 Å². The van der Waals surface area contributed by atoms with Crippen LogP contribution in [-0.4, -0.2) is 9.97 Å². The van der Waals surface area contributed by atoms with E-state index in [1.807, 2.05) is 33.8 Å². The summed E-state index contributed by atoms with van der Waals surface area (Å²) in [4.78, 5) is 8.57. The van der Waals surface area contributed by atoms with Gasteiger partial charge in [0.2, 0.25) is 0 Å². The first-order chi connectivity index (χ1) is 8.88. The molecule has 0 atom stereocenters. The summed E-state index contributed by atoms with van der Waals surface area (Å²) in [7, 11) is 0. The molecule has 0 radical (unpaired) electrons. The summed E-state index contributed by atoms with van der Waals surface area (Å²) < 4.78 is 5.83. The Kier molecular flexibility index (Phi) is 3.76. The first-order valence-electron chi connectivity index (χ1n) is 6.15. The van der Waals surface area contributed by atoms with Gasteiger partial charge in [0, 0.05) is 0 Å². The number of nitrogens with zero attached hydrogens (tertiary/aromatic N) is 2. The van der Waals surface area contributed by atoms with Gasteiger partial charge in [0.15, 0.2) is 5.15 Å². The summed E-state index contributed by atoms with van der Waals surface area (Å²) in [5, 5.41) is 0.293. The van der Waals surface area contributed by atoms with Crippen LogP contribution < -0.4 is 4.74 Å². The largest absolute Gasteiger partial charge is 0.436 e. The summed E-state index contributed by atoms with van der Waals surface area (Å²) in [6, 6.07) is 4.10. The van der Waals surface area contributed by atoms with Gasteiger partial charge in [0.25, 0.3) is 5.88 Å². The molecule has 0 saturated carbocycles. The van der Waals surface area contributed by atoms with Gasteiger partial charge in [0.1, 0.15) is 5.75 Å². The van der Waals surface area contributed by atoms with Crippen LogP contribution in [0.5, 0.6) is 11.6 Å². The summed E-state index contributed by atoms with van der Waals surface area (Å²) in [5.74, 6) is 1.13. The molecule has 1 aromatic heterocycles. The molecular weight excluding hydrogens is 260 g/mol. The van der Waals surface area contributed by atoms with Crippen molar-refractivity contribution in [2.24, 2.45) is 0 Å². The van der Waals surface area contributed by atoms with Crippen molar-refractivity contribution >= 4 is 11.6 Å². The fourth-order valence-corrected chi connectivity index (χ4v) is 2.04. The quantitative estimate of drug-likeness (QED) is 0.812. The van der Waals surface area contributed by atoms with Gasteiger partial charge in [-0.25, -0.2) is 9.97 Å². The van der Waals surface area contributed by atoms with E-state index >= 15 is 0 Å². The Balaban J connectivity index is 2.44. The third-order valence-corrected chi connectivity index (χ3v) is 3.45. The van der Waals surface area contributed by atoms with E-state index in [1.165, 1.54) is 5.56 Å². The number of halogens is 1. The van der Waals surface area contributed by atoms with Gasteiger partial charge in [0.05, 0.1) is 11.4 Å². The molecule has 0 spiro atoms. The lowest BCUT2D eigenvalue weighted by atomic mass is 10.1.